The maximum absolute atomic E-state index is 5.78. The molecule has 0 N–H and O–H groups in total. The summed E-state index contributed by atoms with van der Waals surface area (Å²) in [6.07, 6.45) is 0. The van der Waals surface area contributed by atoms with Crippen LogP contribution in [0.3, 0.4) is 0 Å². The highest BCUT2D eigenvalue weighted by Crippen LogP contribution is 2.06. The summed E-state index contributed by atoms with van der Waals surface area (Å²) in [7, 11) is -0.590. The van der Waals surface area contributed by atoms with Crippen molar-refractivity contribution in [1.29, 1.82) is 0 Å². The summed E-state index contributed by atoms with van der Waals surface area (Å²) >= 11 is 5.78. The van der Waals surface area contributed by atoms with Crippen LogP contribution in [-0.4, -0.2) is 15.4 Å². The molecular weight excluding hydrogens is 200 g/mol. The molecule has 1 rings (SSSR count). The van der Waals surface area contributed by atoms with E-state index in [0.717, 1.165) is 5.02 Å². The third-order valence-electron chi connectivity index (χ3n) is 1.59. The summed E-state index contributed by atoms with van der Waals surface area (Å²) in [5, 5.41) is 2.08. The lowest BCUT2D eigenvalue weighted by Crippen LogP contribution is -2.28. The Kier molecular flexibility index (Phi) is 3.53. The SMILES string of the molecule is CC(C)(C)O[SiH2]c1ccc(Cl)cc1. The Labute approximate surface area is 87.0 Å². The van der Waals surface area contributed by atoms with Gasteiger partial charge in [0.25, 0.3) is 0 Å². The molecule has 72 valence electrons. The van der Waals surface area contributed by atoms with Crippen LogP contribution in [0.1, 0.15) is 20.8 Å². The number of hydrogen-bond donors (Lipinski definition) is 0. The Morgan fingerprint density at radius 2 is 1.69 bits per heavy atom. The molecule has 0 radical (unpaired) electrons. The van der Waals surface area contributed by atoms with Crippen LogP contribution in [0, 0.1) is 0 Å². The molecule has 0 aromatic heterocycles. The predicted octanol–water partition coefficient (Wildman–Crippen LogP) is 1.86. The number of hydrogen-bond acceptors (Lipinski definition) is 1. The first-order valence-electron chi connectivity index (χ1n) is 4.36. The lowest BCUT2D eigenvalue weighted by Gasteiger charge is -2.19. The second kappa shape index (κ2) is 4.27. The molecule has 13 heavy (non-hydrogen) atoms. The van der Waals surface area contributed by atoms with Crippen LogP contribution in [-0.2, 0) is 4.43 Å². The molecule has 0 atom stereocenters. The molecule has 1 nitrogen and oxygen atoms in total. The molecule has 0 saturated heterocycles. The van der Waals surface area contributed by atoms with Gasteiger partial charge in [0.05, 0.1) is 0 Å². The molecule has 0 aliphatic carbocycles. The van der Waals surface area contributed by atoms with Crippen LogP contribution in [0.15, 0.2) is 24.3 Å². The van der Waals surface area contributed by atoms with E-state index in [1.54, 1.807) is 0 Å². The van der Waals surface area contributed by atoms with E-state index in [4.69, 9.17) is 16.0 Å². The van der Waals surface area contributed by atoms with Gasteiger partial charge in [-0.2, -0.15) is 0 Å². The van der Waals surface area contributed by atoms with Gasteiger partial charge in [-0.1, -0.05) is 23.7 Å². The normalized spacial score (nSPS) is 12.6. The van der Waals surface area contributed by atoms with E-state index in [2.05, 4.69) is 20.8 Å². The van der Waals surface area contributed by atoms with Crippen molar-refractivity contribution >= 4 is 26.6 Å². The van der Waals surface area contributed by atoms with Crippen LogP contribution in [0.5, 0.6) is 0 Å². The van der Waals surface area contributed by atoms with E-state index in [1.165, 1.54) is 5.19 Å². The standard InChI is InChI=1S/C10H15ClOSi/c1-10(2,3)12-13-9-6-4-8(11)5-7-9/h4-7H,13H2,1-3H3. The monoisotopic (exact) mass is 214 g/mol. The maximum Gasteiger partial charge on any atom is 0.192 e. The number of halogens is 1. The van der Waals surface area contributed by atoms with Gasteiger partial charge in [0, 0.05) is 10.6 Å². The third-order valence-corrected chi connectivity index (χ3v) is 3.65. The van der Waals surface area contributed by atoms with Crippen LogP contribution in [0.4, 0.5) is 0 Å². The van der Waals surface area contributed by atoms with Crippen LogP contribution < -0.4 is 5.19 Å². The summed E-state index contributed by atoms with van der Waals surface area (Å²) < 4.78 is 5.75. The van der Waals surface area contributed by atoms with Gasteiger partial charge >= 0.3 is 0 Å². The van der Waals surface area contributed by atoms with E-state index in [1.807, 2.05) is 24.3 Å². The van der Waals surface area contributed by atoms with Crippen molar-refractivity contribution in [2.24, 2.45) is 0 Å². The minimum Gasteiger partial charge on any atom is -0.414 e. The smallest absolute Gasteiger partial charge is 0.192 e. The zero-order valence-corrected chi connectivity index (χ0v) is 10.5. The number of rotatable bonds is 2. The first-order valence-corrected chi connectivity index (χ1v) is 6.02. The van der Waals surface area contributed by atoms with Gasteiger partial charge < -0.3 is 4.43 Å². The zero-order valence-electron chi connectivity index (χ0n) is 8.30. The molecule has 0 spiro atoms. The van der Waals surface area contributed by atoms with E-state index in [9.17, 15) is 0 Å². The van der Waals surface area contributed by atoms with E-state index in [-0.39, 0.29) is 5.60 Å². The van der Waals surface area contributed by atoms with Crippen molar-refractivity contribution in [2.75, 3.05) is 0 Å². The molecule has 0 amide bonds. The minimum absolute atomic E-state index is 0.0220. The van der Waals surface area contributed by atoms with Crippen molar-refractivity contribution in [1.82, 2.24) is 0 Å². The second-order valence-electron chi connectivity index (χ2n) is 4.03. The molecule has 3 heteroatoms. The Bertz CT molecular complexity index is 263. The molecule has 0 fully saturated rings. The van der Waals surface area contributed by atoms with Crippen molar-refractivity contribution in [3.05, 3.63) is 29.3 Å². The number of benzene rings is 1. The Morgan fingerprint density at radius 3 is 2.15 bits per heavy atom. The molecule has 0 saturated carbocycles. The molecule has 0 aliphatic heterocycles. The molecule has 0 aliphatic rings. The van der Waals surface area contributed by atoms with Gasteiger partial charge in [-0.25, -0.2) is 0 Å². The van der Waals surface area contributed by atoms with Gasteiger partial charge in [-0.3, -0.25) is 0 Å². The highest BCUT2D eigenvalue weighted by molar-refractivity contribution is 6.47. The molecule has 1 aromatic rings. The first kappa shape index (κ1) is 10.8. The van der Waals surface area contributed by atoms with Crippen molar-refractivity contribution in [3.8, 4) is 0 Å². The van der Waals surface area contributed by atoms with Crippen molar-refractivity contribution in [2.45, 2.75) is 26.4 Å². The maximum atomic E-state index is 5.78. The van der Waals surface area contributed by atoms with Gasteiger partial charge in [-0.15, -0.1) is 0 Å². The highest BCUT2D eigenvalue weighted by atomic mass is 35.5. The van der Waals surface area contributed by atoms with E-state index >= 15 is 0 Å². The molecule has 0 heterocycles. The third kappa shape index (κ3) is 4.46. The van der Waals surface area contributed by atoms with Crippen LogP contribution >= 0.6 is 11.6 Å². The van der Waals surface area contributed by atoms with E-state index in [0.29, 0.717) is 0 Å². The molecular formula is C10H15ClOSi. The molecule has 1 aromatic carbocycles. The summed E-state index contributed by atoms with van der Waals surface area (Å²) in [5.74, 6) is 0. The van der Waals surface area contributed by atoms with Gasteiger partial charge in [0.15, 0.2) is 9.76 Å². The highest BCUT2D eigenvalue weighted by Gasteiger charge is 2.09. The Morgan fingerprint density at radius 1 is 1.15 bits per heavy atom. The average molecular weight is 215 g/mol. The van der Waals surface area contributed by atoms with Crippen molar-refractivity contribution < 1.29 is 4.43 Å². The predicted molar refractivity (Wildman–Crippen MR) is 60.5 cm³/mol. The van der Waals surface area contributed by atoms with Crippen LogP contribution in [0.25, 0.3) is 0 Å². The van der Waals surface area contributed by atoms with Gasteiger partial charge in [0.2, 0.25) is 0 Å². The Hall–Kier alpha value is -0.313. The summed E-state index contributed by atoms with van der Waals surface area (Å²) in [6, 6.07) is 7.91. The van der Waals surface area contributed by atoms with Gasteiger partial charge in [0.1, 0.15) is 0 Å². The lowest BCUT2D eigenvalue weighted by atomic mass is 10.2. The van der Waals surface area contributed by atoms with Gasteiger partial charge in [-0.05, 0) is 38.1 Å². The Balaban J connectivity index is 2.51. The zero-order chi connectivity index (χ0) is 9.90. The van der Waals surface area contributed by atoms with Crippen molar-refractivity contribution in [3.63, 3.8) is 0 Å². The molecule has 0 unspecified atom stereocenters. The second-order valence-corrected chi connectivity index (χ2v) is 5.86. The average Bonchev–Trinajstić information content (AvgIpc) is 2.02. The van der Waals surface area contributed by atoms with E-state index < -0.39 is 9.76 Å². The topological polar surface area (TPSA) is 9.23 Å². The fourth-order valence-electron chi connectivity index (χ4n) is 0.880. The lowest BCUT2D eigenvalue weighted by molar-refractivity contribution is 0.142. The largest absolute Gasteiger partial charge is 0.414 e. The summed E-state index contributed by atoms with van der Waals surface area (Å²) in [5.41, 5.74) is -0.0220. The minimum atomic E-state index is -0.590. The quantitative estimate of drug-likeness (QED) is 0.684. The first-order chi connectivity index (χ1) is 5.97. The fourth-order valence-corrected chi connectivity index (χ4v) is 2.03. The summed E-state index contributed by atoms with van der Waals surface area (Å²) in [4.78, 5) is 0. The molecule has 0 bridgehead atoms. The van der Waals surface area contributed by atoms with Crippen LogP contribution in [0.2, 0.25) is 5.02 Å². The summed E-state index contributed by atoms with van der Waals surface area (Å²) in [6.45, 7) is 6.24. The fraction of sp³-hybridized carbons (Fsp3) is 0.400.